The number of benzene rings is 1. The molecule has 158 valence electrons. The molecule has 2 rings (SSSR count). The van der Waals surface area contributed by atoms with Gasteiger partial charge in [-0.3, -0.25) is 9.79 Å². The Hall–Kier alpha value is -2.92. The lowest BCUT2D eigenvalue weighted by molar-refractivity contribution is -0.119. The van der Waals surface area contributed by atoms with Crippen LogP contribution in [0.1, 0.15) is 5.56 Å². The van der Waals surface area contributed by atoms with Crippen molar-refractivity contribution < 1.29 is 14.3 Å². The molecule has 1 aliphatic heterocycles. The average Bonchev–Trinajstić information content (AvgIpc) is 2.74. The van der Waals surface area contributed by atoms with Crippen LogP contribution in [0, 0.1) is 11.3 Å². The first kappa shape index (κ1) is 23.4. The highest BCUT2D eigenvalue weighted by molar-refractivity contribution is 6.35. The topological polar surface area (TPSA) is 87.0 Å². The summed E-state index contributed by atoms with van der Waals surface area (Å²) < 4.78 is 10.8. The first-order chi connectivity index (χ1) is 14.5. The molecule has 1 aromatic rings. The van der Waals surface area contributed by atoms with Gasteiger partial charge in [-0.1, -0.05) is 36.4 Å². The molecule has 1 aromatic carbocycles. The Bertz CT molecular complexity index is 915. The van der Waals surface area contributed by atoms with Crippen LogP contribution in [-0.2, 0) is 14.3 Å². The second kappa shape index (κ2) is 11.9. The number of allylic oxidation sites excluding steroid dienone is 4. The van der Waals surface area contributed by atoms with Gasteiger partial charge < -0.3 is 19.7 Å². The molecule has 8 heteroatoms. The second-order valence-electron chi connectivity index (χ2n) is 6.49. The van der Waals surface area contributed by atoms with Crippen molar-refractivity contribution in [1.29, 1.82) is 5.26 Å². The third-order valence-electron chi connectivity index (χ3n) is 4.31. The Morgan fingerprint density at radius 3 is 2.80 bits per heavy atom. The molecule has 1 amide bonds. The van der Waals surface area contributed by atoms with Gasteiger partial charge in [0.1, 0.15) is 25.0 Å². The molecule has 0 saturated heterocycles. The molecular weight excluding hydrogens is 404 g/mol. The summed E-state index contributed by atoms with van der Waals surface area (Å²) in [7, 11) is 3.61. The summed E-state index contributed by atoms with van der Waals surface area (Å²) in [5.74, 6) is 0.0543. The largest absolute Gasteiger partial charge is 0.491 e. The average molecular weight is 429 g/mol. The summed E-state index contributed by atoms with van der Waals surface area (Å²) >= 11 is 6.30. The minimum absolute atomic E-state index is 0.0118. The number of aliphatic imine (C=N–C) groups is 1. The third-order valence-corrected chi connectivity index (χ3v) is 4.64. The number of carbonyl (C=O) groups excluding carboxylic acids is 1. The maximum Gasteiger partial charge on any atom is 0.246 e. The second-order valence-corrected chi connectivity index (χ2v) is 6.90. The van der Waals surface area contributed by atoms with Gasteiger partial charge in [-0.05, 0) is 25.3 Å². The Balaban J connectivity index is 2.27. The van der Waals surface area contributed by atoms with Gasteiger partial charge in [-0.25, -0.2) is 0 Å². The number of nitrogens with one attached hydrogen (secondary N) is 1. The Labute approximate surface area is 181 Å². The van der Waals surface area contributed by atoms with Gasteiger partial charge in [0, 0.05) is 25.8 Å². The molecule has 0 unspecified atom stereocenters. The van der Waals surface area contributed by atoms with Gasteiger partial charge in [0.15, 0.2) is 0 Å². The number of rotatable bonds is 10. The predicted octanol–water partition coefficient (Wildman–Crippen LogP) is 2.70. The fourth-order valence-corrected chi connectivity index (χ4v) is 2.92. The van der Waals surface area contributed by atoms with Crippen LogP contribution in [0.4, 0.5) is 0 Å². The van der Waals surface area contributed by atoms with Crippen molar-refractivity contribution in [1.82, 2.24) is 10.2 Å². The molecular formula is C22H25ClN4O3. The van der Waals surface area contributed by atoms with Crippen LogP contribution in [0.25, 0.3) is 0 Å². The highest BCUT2D eigenvalue weighted by Gasteiger charge is 2.21. The lowest BCUT2D eigenvalue weighted by Gasteiger charge is -2.19. The molecule has 0 fully saturated rings. The number of ether oxygens (including phenoxy) is 2. The van der Waals surface area contributed by atoms with Crippen molar-refractivity contribution in [2.75, 3.05) is 47.0 Å². The first-order valence-electron chi connectivity index (χ1n) is 9.38. The minimum Gasteiger partial charge on any atom is -0.491 e. The van der Waals surface area contributed by atoms with Crippen LogP contribution in [-0.4, -0.2) is 63.5 Å². The number of halogens is 1. The first-order valence-corrected chi connectivity index (χ1v) is 9.76. The number of carbonyl (C=O) groups is 1. The fourth-order valence-electron chi connectivity index (χ4n) is 2.69. The van der Waals surface area contributed by atoms with Gasteiger partial charge in [-0.2, -0.15) is 5.26 Å². The van der Waals surface area contributed by atoms with E-state index in [0.717, 1.165) is 6.54 Å². The zero-order valence-corrected chi connectivity index (χ0v) is 17.9. The number of likely N-dealkylation sites (N-methyl/N-ethyl adjacent to an activating group) is 1. The maximum absolute atomic E-state index is 11.9. The minimum atomic E-state index is -0.268. The quantitative estimate of drug-likeness (QED) is 0.351. The van der Waals surface area contributed by atoms with Gasteiger partial charge >= 0.3 is 0 Å². The number of amides is 1. The lowest BCUT2D eigenvalue weighted by atomic mass is 10.0. The number of nitriles is 1. The van der Waals surface area contributed by atoms with Crippen LogP contribution in [0.15, 0.2) is 65.0 Å². The molecule has 0 radical (unpaired) electrons. The van der Waals surface area contributed by atoms with Crippen molar-refractivity contribution in [3.63, 3.8) is 0 Å². The van der Waals surface area contributed by atoms with Gasteiger partial charge in [-0.15, -0.1) is 0 Å². The summed E-state index contributed by atoms with van der Waals surface area (Å²) in [4.78, 5) is 18.3. The Kier molecular flexibility index (Phi) is 9.29. The lowest BCUT2D eigenvalue weighted by Crippen LogP contribution is -2.35. The number of nitrogens with zero attached hydrogens (tertiary/aromatic N) is 3. The summed E-state index contributed by atoms with van der Waals surface area (Å²) in [6.07, 6.45) is 3.01. The molecule has 30 heavy (non-hydrogen) atoms. The predicted molar refractivity (Wildman–Crippen MR) is 117 cm³/mol. The standard InChI is InChI=1S/C22H25ClN4O3/c1-4-20(30-12-10-27(2)9-11-29-3)16(14-24)13-19-22(25-15-21(28)26-19)17-7-5-6-8-18(17)23/h4-8,13H,1,9-12,15H2,2-3H3,(H,26,28)/b19-13-,20-16-. The van der Waals surface area contributed by atoms with Gasteiger partial charge in [0.2, 0.25) is 5.91 Å². The van der Waals surface area contributed by atoms with Crippen LogP contribution in [0.2, 0.25) is 5.02 Å². The van der Waals surface area contributed by atoms with Crippen LogP contribution < -0.4 is 5.32 Å². The number of methoxy groups -OCH3 is 1. The van der Waals surface area contributed by atoms with E-state index in [1.165, 1.54) is 12.2 Å². The van der Waals surface area contributed by atoms with Crippen LogP contribution in [0.5, 0.6) is 0 Å². The number of hydrogen-bond acceptors (Lipinski definition) is 6. The van der Waals surface area contributed by atoms with Crippen molar-refractivity contribution in [2.45, 2.75) is 0 Å². The van der Waals surface area contributed by atoms with Gasteiger partial charge in [0.25, 0.3) is 0 Å². The van der Waals surface area contributed by atoms with Crippen molar-refractivity contribution in [3.05, 3.63) is 70.6 Å². The molecule has 0 saturated carbocycles. The number of hydrogen-bond donors (Lipinski definition) is 1. The molecule has 7 nitrogen and oxygen atoms in total. The maximum atomic E-state index is 11.9. The highest BCUT2D eigenvalue weighted by Crippen LogP contribution is 2.22. The molecule has 0 aliphatic carbocycles. The van der Waals surface area contributed by atoms with Gasteiger partial charge in [0.05, 0.1) is 28.6 Å². The van der Waals surface area contributed by atoms with E-state index in [9.17, 15) is 10.1 Å². The normalized spacial score (nSPS) is 15.9. The molecule has 0 aromatic heterocycles. The Morgan fingerprint density at radius 1 is 1.40 bits per heavy atom. The van der Waals surface area contributed by atoms with E-state index in [2.05, 4.69) is 27.9 Å². The van der Waals surface area contributed by atoms with Crippen molar-refractivity contribution in [2.24, 2.45) is 4.99 Å². The van der Waals surface area contributed by atoms with E-state index < -0.39 is 0 Å². The Morgan fingerprint density at radius 2 is 2.13 bits per heavy atom. The smallest absolute Gasteiger partial charge is 0.246 e. The van der Waals surface area contributed by atoms with E-state index in [-0.39, 0.29) is 18.0 Å². The van der Waals surface area contributed by atoms with Crippen molar-refractivity contribution >= 4 is 23.2 Å². The zero-order valence-electron chi connectivity index (χ0n) is 17.2. The zero-order chi connectivity index (χ0) is 21.9. The molecule has 1 heterocycles. The molecule has 1 N–H and O–H groups in total. The summed E-state index contributed by atoms with van der Waals surface area (Å²) in [6.45, 7) is 6.14. The van der Waals surface area contributed by atoms with E-state index in [4.69, 9.17) is 21.1 Å². The van der Waals surface area contributed by atoms with E-state index in [1.807, 2.05) is 25.2 Å². The molecule has 0 bridgehead atoms. The monoisotopic (exact) mass is 428 g/mol. The summed E-state index contributed by atoms with van der Waals surface area (Å²) in [6, 6.07) is 9.30. The van der Waals surface area contributed by atoms with Crippen LogP contribution in [0.3, 0.4) is 0 Å². The highest BCUT2D eigenvalue weighted by atomic mass is 35.5. The van der Waals surface area contributed by atoms with Crippen LogP contribution >= 0.6 is 11.6 Å². The summed E-state index contributed by atoms with van der Waals surface area (Å²) in [5.41, 5.74) is 1.79. The van der Waals surface area contributed by atoms with E-state index in [1.54, 1.807) is 13.2 Å². The SMILES string of the molecule is C=C/C(OCCN(C)CCOC)=C(C#N)\C=C1/NC(=O)CN=C1c1ccccc1Cl. The molecule has 0 atom stereocenters. The third kappa shape index (κ3) is 6.56. The molecule has 1 aliphatic rings. The van der Waals surface area contributed by atoms with E-state index >= 15 is 0 Å². The van der Waals surface area contributed by atoms with E-state index in [0.29, 0.717) is 47.5 Å². The molecule has 0 spiro atoms. The van der Waals surface area contributed by atoms with Crippen molar-refractivity contribution in [3.8, 4) is 6.07 Å². The fraction of sp³-hybridized carbons (Fsp3) is 0.318. The summed E-state index contributed by atoms with van der Waals surface area (Å²) in [5, 5.41) is 12.9.